The largest absolute Gasteiger partial charge is 0.484 e. The van der Waals surface area contributed by atoms with Crippen molar-refractivity contribution in [1.82, 2.24) is 4.90 Å². The van der Waals surface area contributed by atoms with E-state index in [1.807, 2.05) is 4.90 Å². The molecule has 22 heavy (non-hydrogen) atoms. The number of amides is 1. The lowest BCUT2D eigenvalue weighted by molar-refractivity contribution is -0.134. The Bertz CT molecular complexity index is 604. The van der Waals surface area contributed by atoms with E-state index < -0.39 is 0 Å². The summed E-state index contributed by atoms with van der Waals surface area (Å²) in [6.45, 7) is 1.71. The molecule has 2 heterocycles. The zero-order chi connectivity index (χ0) is 15.4. The lowest BCUT2D eigenvalue weighted by Crippen LogP contribution is -2.40. The summed E-state index contributed by atoms with van der Waals surface area (Å²) >= 11 is 7.56. The molecule has 1 aliphatic heterocycles. The quantitative estimate of drug-likeness (QED) is 0.838. The molecule has 0 aliphatic carbocycles. The predicted molar refractivity (Wildman–Crippen MR) is 89.8 cm³/mol. The molecule has 116 valence electrons. The van der Waals surface area contributed by atoms with Gasteiger partial charge in [0.1, 0.15) is 5.75 Å². The Morgan fingerprint density at radius 2 is 1.95 bits per heavy atom. The van der Waals surface area contributed by atoms with Crippen LogP contribution in [0.25, 0.3) is 0 Å². The molecule has 1 fully saturated rings. The van der Waals surface area contributed by atoms with Gasteiger partial charge in [0.15, 0.2) is 6.61 Å². The van der Waals surface area contributed by atoms with Crippen molar-refractivity contribution in [2.75, 3.05) is 19.7 Å². The van der Waals surface area contributed by atoms with E-state index in [1.165, 1.54) is 5.56 Å². The van der Waals surface area contributed by atoms with E-state index in [0.717, 1.165) is 25.9 Å². The predicted octanol–water partition coefficient (Wildman–Crippen LogP) is 4.19. The van der Waals surface area contributed by atoms with Crippen molar-refractivity contribution >= 4 is 28.8 Å². The molecule has 0 N–H and O–H groups in total. The number of piperidine rings is 1. The van der Waals surface area contributed by atoms with Gasteiger partial charge in [-0.1, -0.05) is 11.6 Å². The van der Waals surface area contributed by atoms with Gasteiger partial charge in [0.05, 0.1) is 0 Å². The van der Waals surface area contributed by atoms with Gasteiger partial charge in [-0.05, 0) is 65.4 Å². The highest BCUT2D eigenvalue weighted by atomic mass is 35.5. The summed E-state index contributed by atoms with van der Waals surface area (Å²) in [5.74, 6) is 1.32. The Hall–Kier alpha value is -1.52. The SMILES string of the molecule is O=C(COc1ccc(Cl)cc1)N1CCC(c2ccsc2)CC1. The van der Waals surface area contributed by atoms with Crippen LogP contribution in [0, 0.1) is 0 Å². The maximum absolute atomic E-state index is 12.2. The Morgan fingerprint density at radius 3 is 2.59 bits per heavy atom. The van der Waals surface area contributed by atoms with E-state index in [4.69, 9.17) is 16.3 Å². The number of thiophene rings is 1. The molecule has 1 amide bonds. The Kier molecular flexibility index (Phi) is 5.01. The molecule has 3 rings (SSSR count). The van der Waals surface area contributed by atoms with Crippen LogP contribution < -0.4 is 4.74 Å². The first kappa shape index (κ1) is 15.4. The fourth-order valence-corrected chi connectivity index (χ4v) is 3.61. The molecule has 3 nitrogen and oxygen atoms in total. The van der Waals surface area contributed by atoms with Gasteiger partial charge in [-0.3, -0.25) is 4.79 Å². The number of carbonyl (C=O) groups is 1. The standard InChI is InChI=1S/C17H18ClNO2S/c18-15-1-3-16(4-2-15)21-11-17(20)19-8-5-13(6-9-19)14-7-10-22-12-14/h1-4,7,10,12-13H,5-6,8-9,11H2. The molecule has 0 saturated carbocycles. The van der Waals surface area contributed by atoms with Crippen molar-refractivity contribution < 1.29 is 9.53 Å². The molecule has 1 aromatic heterocycles. The van der Waals surface area contributed by atoms with Crippen LogP contribution >= 0.6 is 22.9 Å². The second-order valence-electron chi connectivity index (χ2n) is 5.45. The number of benzene rings is 1. The number of carbonyl (C=O) groups excluding carboxylic acids is 1. The van der Waals surface area contributed by atoms with Gasteiger partial charge >= 0.3 is 0 Å². The highest BCUT2D eigenvalue weighted by molar-refractivity contribution is 7.07. The third-order valence-electron chi connectivity index (χ3n) is 4.04. The number of hydrogen-bond donors (Lipinski definition) is 0. The number of hydrogen-bond acceptors (Lipinski definition) is 3. The Balaban J connectivity index is 1.46. The van der Waals surface area contributed by atoms with Crippen molar-refractivity contribution in [1.29, 1.82) is 0 Å². The van der Waals surface area contributed by atoms with Crippen LogP contribution in [-0.4, -0.2) is 30.5 Å². The Morgan fingerprint density at radius 1 is 1.23 bits per heavy atom. The van der Waals surface area contributed by atoms with Gasteiger partial charge in [-0.2, -0.15) is 11.3 Å². The fourth-order valence-electron chi connectivity index (χ4n) is 2.74. The van der Waals surface area contributed by atoms with Crippen molar-refractivity contribution in [3.8, 4) is 5.75 Å². The van der Waals surface area contributed by atoms with E-state index in [2.05, 4.69) is 16.8 Å². The first-order valence-electron chi connectivity index (χ1n) is 7.40. The second kappa shape index (κ2) is 7.16. The number of likely N-dealkylation sites (tertiary alicyclic amines) is 1. The van der Waals surface area contributed by atoms with E-state index in [-0.39, 0.29) is 12.5 Å². The first-order valence-corrected chi connectivity index (χ1v) is 8.72. The lowest BCUT2D eigenvalue weighted by Gasteiger charge is -2.31. The fraction of sp³-hybridized carbons (Fsp3) is 0.353. The highest BCUT2D eigenvalue weighted by Gasteiger charge is 2.24. The molecule has 1 aromatic carbocycles. The van der Waals surface area contributed by atoms with E-state index in [1.54, 1.807) is 35.6 Å². The maximum atomic E-state index is 12.2. The summed E-state index contributed by atoms with van der Waals surface area (Å²) in [5, 5.41) is 4.99. The van der Waals surface area contributed by atoms with Crippen LogP contribution in [0.3, 0.4) is 0 Å². The minimum atomic E-state index is 0.0544. The molecule has 2 aromatic rings. The van der Waals surface area contributed by atoms with Crippen LogP contribution in [0.5, 0.6) is 5.75 Å². The van der Waals surface area contributed by atoms with Gasteiger partial charge in [0.2, 0.25) is 0 Å². The summed E-state index contributed by atoms with van der Waals surface area (Å²) in [6, 6.07) is 9.26. The van der Waals surface area contributed by atoms with Crippen LogP contribution in [0.2, 0.25) is 5.02 Å². The smallest absolute Gasteiger partial charge is 0.260 e. The first-order chi connectivity index (χ1) is 10.7. The Labute approximate surface area is 139 Å². The van der Waals surface area contributed by atoms with Crippen molar-refractivity contribution in [2.45, 2.75) is 18.8 Å². The maximum Gasteiger partial charge on any atom is 0.260 e. The zero-order valence-electron chi connectivity index (χ0n) is 12.2. The summed E-state index contributed by atoms with van der Waals surface area (Å²) in [5.41, 5.74) is 1.41. The molecule has 0 bridgehead atoms. The topological polar surface area (TPSA) is 29.5 Å². The number of ether oxygens (including phenoxy) is 1. The molecular formula is C17H18ClNO2S. The van der Waals surface area contributed by atoms with Gasteiger partial charge in [-0.25, -0.2) is 0 Å². The zero-order valence-corrected chi connectivity index (χ0v) is 13.8. The highest BCUT2D eigenvalue weighted by Crippen LogP contribution is 2.29. The lowest BCUT2D eigenvalue weighted by atomic mass is 9.91. The monoisotopic (exact) mass is 335 g/mol. The van der Waals surface area contributed by atoms with Gasteiger partial charge in [0, 0.05) is 18.1 Å². The summed E-state index contributed by atoms with van der Waals surface area (Å²) in [6.07, 6.45) is 2.06. The second-order valence-corrected chi connectivity index (χ2v) is 6.67. The van der Waals surface area contributed by atoms with E-state index >= 15 is 0 Å². The molecular weight excluding hydrogens is 318 g/mol. The molecule has 5 heteroatoms. The van der Waals surface area contributed by atoms with Crippen molar-refractivity contribution in [3.63, 3.8) is 0 Å². The molecule has 0 spiro atoms. The molecule has 1 saturated heterocycles. The molecule has 1 aliphatic rings. The van der Waals surface area contributed by atoms with E-state index in [0.29, 0.717) is 16.7 Å². The van der Waals surface area contributed by atoms with Crippen LogP contribution in [0.4, 0.5) is 0 Å². The average Bonchev–Trinajstić information content (AvgIpc) is 3.09. The van der Waals surface area contributed by atoms with Crippen molar-refractivity contribution in [2.24, 2.45) is 0 Å². The normalized spacial score (nSPS) is 15.8. The third kappa shape index (κ3) is 3.81. The van der Waals surface area contributed by atoms with Crippen LogP contribution in [0.1, 0.15) is 24.3 Å². The number of nitrogens with zero attached hydrogens (tertiary/aromatic N) is 1. The van der Waals surface area contributed by atoms with Crippen LogP contribution in [-0.2, 0) is 4.79 Å². The summed E-state index contributed by atoms with van der Waals surface area (Å²) < 4.78 is 5.53. The molecule has 0 atom stereocenters. The van der Waals surface area contributed by atoms with Gasteiger partial charge in [-0.15, -0.1) is 0 Å². The molecule has 0 unspecified atom stereocenters. The minimum Gasteiger partial charge on any atom is -0.484 e. The summed E-state index contributed by atoms with van der Waals surface area (Å²) in [4.78, 5) is 14.1. The van der Waals surface area contributed by atoms with Crippen molar-refractivity contribution in [3.05, 3.63) is 51.7 Å². The summed E-state index contributed by atoms with van der Waals surface area (Å²) in [7, 11) is 0. The van der Waals surface area contributed by atoms with Gasteiger partial charge < -0.3 is 9.64 Å². The number of rotatable bonds is 4. The van der Waals surface area contributed by atoms with E-state index in [9.17, 15) is 4.79 Å². The number of halogens is 1. The molecule has 0 radical (unpaired) electrons. The third-order valence-corrected chi connectivity index (χ3v) is 4.99. The van der Waals surface area contributed by atoms with Gasteiger partial charge in [0.25, 0.3) is 5.91 Å². The average molecular weight is 336 g/mol. The minimum absolute atomic E-state index is 0.0544. The van der Waals surface area contributed by atoms with Crippen LogP contribution in [0.15, 0.2) is 41.1 Å².